The largest absolute Gasteiger partial charge is 0.497 e. The Morgan fingerprint density at radius 3 is 2.47 bits per heavy atom. The van der Waals surface area contributed by atoms with Crippen molar-refractivity contribution in [2.45, 2.75) is 50.9 Å². The first-order chi connectivity index (χ1) is 20.9. The minimum absolute atomic E-state index is 0.0387. The molecular formula is C33H35N5O3S2. The molecule has 222 valence electrons. The normalized spacial score (nSPS) is 15.1. The molecule has 0 radical (unpaired) electrons. The summed E-state index contributed by atoms with van der Waals surface area (Å²) in [4.78, 5) is 43.8. The molecule has 0 saturated heterocycles. The van der Waals surface area contributed by atoms with Gasteiger partial charge in [-0.1, -0.05) is 54.2 Å². The van der Waals surface area contributed by atoms with E-state index in [2.05, 4.69) is 27.4 Å². The van der Waals surface area contributed by atoms with E-state index < -0.39 is 6.04 Å². The molecule has 1 N–H and O–H groups in total. The van der Waals surface area contributed by atoms with Crippen molar-refractivity contribution in [3.8, 4) is 17.0 Å². The van der Waals surface area contributed by atoms with E-state index in [-0.39, 0.29) is 30.0 Å². The number of thiazole rings is 1. The van der Waals surface area contributed by atoms with Crippen LogP contribution in [-0.2, 0) is 16.1 Å². The lowest BCUT2D eigenvalue weighted by Gasteiger charge is -2.36. The van der Waals surface area contributed by atoms with Crippen LogP contribution in [0.2, 0.25) is 0 Å². The van der Waals surface area contributed by atoms with E-state index in [0.29, 0.717) is 23.0 Å². The molecule has 2 aromatic heterocycles. The highest BCUT2D eigenvalue weighted by molar-refractivity contribution is 7.99. The number of carbonyl (C=O) groups excluding carboxylic acids is 2. The van der Waals surface area contributed by atoms with Crippen molar-refractivity contribution in [2.75, 3.05) is 18.2 Å². The van der Waals surface area contributed by atoms with Crippen molar-refractivity contribution < 1.29 is 14.3 Å². The second-order valence-corrected chi connectivity index (χ2v) is 12.3. The number of hydrogen-bond acceptors (Lipinski definition) is 8. The van der Waals surface area contributed by atoms with E-state index in [1.54, 1.807) is 36.3 Å². The average Bonchev–Trinajstić information content (AvgIpc) is 3.49. The third kappa shape index (κ3) is 8.09. The molecule has 8 nitrogen and oxygen atoms in total. The predicted molar refractivity (Wildman–Crippen MR) is 172 cm³/mol. The van der Waals surface area contributed by atoms with Crippen molar-refractivity contribution >= 4 is 40.6 Å². The highest BCUT2D eigenvalue weighted by atomic mass is 32.2. The third-order valence-corrected chi connectivity index (χ3v) is 8.92. The van der Waals surface area contributed by atoms with Crippen LogP contribution in [0.3, 0.4) is 0 Å². The molecule has 2 heterocycles. The number of nitrogens with zero attached hydrogens (tertiary/aromatic N) is 4. The Balaban J connectivity index is 1.45. The lowest BCUT2D eigenvalue weighted by atomic mass is 9.86. The molecule has 2 atom stereocenters. The Hall–Kier alpha value is -4.02. The Morgan fingerprint density at radius 2 is 1.79 bits per heavy atom. The molecular weight excluding hydrogens is 579 g/mol. The molecule has 1 aliphatic rings. The minimum atomic E-state index is -0.690. The number of benzene rings is 2. The van der Waals surface area contributed by atoms with Gasteiger partial charge in [0.1, 0.15) is 16.8 Å². The van der Waals surface area contributed by atoms with E-state index >= 15 is 0 Å². The zero-order chi connectivity index (χ0) is 30.2. The summed E-state index contributed by atoms with van der Waals surface area (Å²) in [6, 6.07) is 18.4. The van der Waals surface area contributed by atoms with Crippen molar-refractivity contribution in [2.24, 2.45) is 5.92 Å². The van der Waals surface area contributed by atoms with Gasteiger partial charge in [-0.3, -0.25) is 9.59 Å². The van der Waals surface area contributed by atoms with Crippen molar-refractivity contribution in [1.29, 1.82) is 0 Å². The molecule has 5 rings (SSSR count). The van der Waals surface area contributed by atoms with Gasteiger partial charge in [0.2, 0.25) is 11.8 Å². The number of thioether (sulfide) groups is 1. The van der Waals surface area contributed by atoms with Gasteiger partial charge in [-0.25, -0.2) is 15.0 Å². The number of aryl methyl sites for hydroxylation is 2. The summed E-state index contributed by atoms with van der Waals surface area (Å²) in [6.07, 6.45) is 6.63. The van der Waals surface area contributed by atoms with Crippen LogP contribution < -0.4 is 10.1 Å². The smallest absolute Gasteiger partial charge is 0.247 e. The maximum absolute atomic E-state index is 14.1. The van der Waals surface area contributed by atoms with Crippen LogP contribution in [0.4, 0.5) is 5.69 Å². The molecule has 0 fully saturated rings. The molecule has 4 aromatic rings. The summed E-state index contributed by atoms with van der Waals surface area (Å²) in [6.45, 7) is 4.05. The Kier molecular flexibility index (Phi) is 10.2. The number of anilines is 1. The standard InChI is InChI=1S/C33H35N5O3S2/c1-22-18-23(2)35-33(34-22)43-21-30(39)38(19-29-37-28(20-42-29)24-10-6-4-7-11-24)31(25-12-8-5-9-13-25)32(40)36-26-14-16-27(41-3)17-15-26/h4-8,10-11,14-18,20,25,31H,9,12-13,19,21H2,1-3H3,(H,36,40)/t25-,31+/m0/s1. The SMILES string of the molecule is COc1ccc(NC(=O)[C@@H]([C@H]2CC=CCC2)N(Cc2nc(-c3ccccc3)cs2)C(=O)CSc2nc(C)cc(C)n2)cc1. The van der Waals surface area contributed by atoms with Crippen LogP contribution in [0.1, 0.15) is 35.7 Å². The zero-order valence-corrected chi connectivity index (χ0v) is 26.2. The van der Waals surface area contributed by atoms with E-state index in [0.717, 1.165) is 40.5 Å². The number of rotatable bonds is 11. The number of amides is 2. The predicted octanol–water partition coefficient (Wildman–Crippen LogP) is 6.71. The van der Waals surface area contributed by atoms with Gasteiger partial charge >= 0.3 is 0 Å². The Bertz CT molecular complexity index is 1550. The highest BCUT2D eigenvalue weighted by Crippen LogP contribution is 2.30. The zero-order valence-electron chi connectivity index (χ0n) is 24.5. The van der Waals surface area contributed by atoms with Crippen LogP contribution in [0, 0.1) is 19.8 Å². The fourth-order valence-electron chi connectivity index (χ4n) is 5.18. The first-order valence-corrected chi connectivity index (χ1v) is 16.1. The minimum Gasteiger partial charge on any atom is -0.497 e. The summed E-state index contributed by atoms with van der Waals surface area (Å²) in [5, 5.41) is 6.39. The summed E-state index contributed by atoms with van der Waals surface area (Å²) in [7, 11) is 1.60. The fraction of sp³-hybridized carbons (Fsp3) is 0.303. The van der Waals surface area contributed by atoms with E-state index in [1.165, 1.54) is 23.1 Å². The second-order valence-electron chi connectivity index (χ2n) is 10.4. The monoisotopic (exact) mass is 613 g/mol. The molecule has 2 aromatic carbocycles. The van der Waals surface area contributed by atoms with Crippen LogP contribution in [-0.4, -0.2) is 50.6 Å². The van der Waals surface area contributed by atoms with Gasteiger partial charge in [-0.05, 0) is 69.4 Å². The number of methoxy groups -OCH3 is 1. The van der Waals surface area contributed by atoms with Gasteiger partial charge in [0, 0.05) is 28.0 Å². The van der Waals surface area contributed by atoms with Gasteiger partial charge in [-0.2, -0.15) is 0 Å². The Labute approximate surface area is 260 Å². The van der Waals surface area contributed by atoms with Gasteiger partial charge in [0.05, 0.1) is 25.1 Å². The molecule has 0 aliphatic heterocycles. The highest BCUT2D eigenvalue weighted by Gasteiger charge is 2.37. The number of hydrogen-bond donors (Lipinski definition) is 1. The van der Waals surface area contributed by atoms with Gasteiger partial charge in [0.25, 0.3) is 0 Å². The van der Waals surface area contributed by atoms with Crippen LogP contribution >= 0.6 is 23.1 Å². The molecule has 0 bridgehead atoms. The summed E-state index contributed by atoms with van der Waals surface area (Å²) in [5.41, 5.74) is 4.21. The number of allylic oxidation sites excluding steroid dienone is 2. The molecule has 0 spiro atoms. The maximum atomic E-state index is 14.1. The summed E-state index contributed by atoms with van der Waals surface area (Å²) >= 11 is 2.79. The van der Waals surface area contributed by atoms with E-state index in [4.69, 9.17) is 9.72 Å². The second kappa shape index (κ2) is 14.4. The van der Waals surface area contributed by atoms with Gasteiger partial charge in [0.15, 0.2) is 5.16 Å². The molecule has 1 aliphatic carbocycles. The molecule has 0 saturated carbocycles. The average molecular weight is 614 g/mol. The van der Waals surface area contributed by atoms with Gasteiger partial charge < -0.3 is 15.0 Å². The maximum Gasteiger partial charge on any atom is 0.247 e. The fourth-order valence-corrected chi connectivity index (χ4v) is 6.82. The quantitative estimate of drug-likeness (QED) is 0.114. The topological polar surface area (TPSA) is 97.3 Å². The molecule has 2 amide bonds. The lowest BCUT2D eigenvalue weighted by molar-refractivity contribution is -0.139. The number of nitrogens with one attached hydrogen (secondary N) is 1. The van der Waals surface area contributed by atoms with Gasteiger partial charge in [-0.15, -0.1) is 11.3 Å². The van der Waals surface area contributed by atoms with E-state index in [1.807, 2.05) is 55.6 Å². The van der Waals surface area contributed by atoms with Crippen molar-refractivity contribution in [1.82, 2.24) is 19.9 Å². The summed E-state index contributed by atoms with van der Waals surface area (Å²) < 4.78 is 5.27. The molecule has 43 heavy (non-hydrogen) atoms. The first-order valence-electron chi connectivity index (χ1n) is 14.2. The van der Waals surface area contributed by atoms with Crippen LogP contribution in [0.5, 0.6) is 5.75 Å². The molecule has 10 heteroatoms. The van der Waals surface area contributed by atoms with Crippen molar-refractivity contribution in [3.63, 3.8) is 0 Å². The number of aromatic nitrogens is 3. The number of carbonyl (C=O) groups is 2. The first kappa shape index (κ1) is 30.4. The van der Waals surface area contributed by atoms with Crippen LogP contribution in [0.15, 0.2) is 83.4 Å². The lowest BCUT2D eigenvalue weighted by Crippen LogP contribution is -2.51. The number of ether oxygens (including phenoxy) is 1. The summed E-state index contributed by atoms with van der Waals surface area (Å²) in [5.74, 6) is 0.393. The van der Waals surface area contributed by atoms with Crippen molar-refractivity contribution in [3.05, 3.63) is 94.6 Å². The van der Waals surface area contributed by atoms with E-state index in [9.17, 15) is 9.59 Å². The third-order valence-electron chi connectivity index (χ3n) is 7.25. The van der Waals surface area contributed by atoms with Crippen LogP contribution in [0.25, 0.3) is 11.3 Å². The Morgan fingerprint density at radius 1 is 1.05 bits per heavy atom. The molecule has 0 unspecified atom stereocenters.